The monoisotopic (exact) mass is 455 g/mol. The average molecular weight is 456 g/mol. The number of alkyl halides is 3. The Hall–Kier alpha value is -2.98. The second-order valence-corrected chi connectivity index (χ2v) is 7.47. The van der Waals surface area contributed by atoms with Crippen molar-refractivity contribution in [1.82, 2.24) is 15.1 Å². The van der Waals surface area contributed by atoms with E-state index in [-0.39, 0.29) is 23.0 Å². The first kappa shape index (κ1) is 21.3. The van der Waals surface area contributed by atoms with E-state index in [0.29, 0.717) is 17.3 Å². The summed E-state index contributed by atoms with van der Waals surface area (Å²) in [5.41, 5.74) is -2.24. The van der Waals surface area contributed by atoms with Gasteiger partial charge in [-0.1, -0.05) is 23.7 Å². The number of aliphatic carboxylic acids is 1. The summed E-state index contributed by atoms with van der Waals surface area (Å²) in [6, 6.07) is 5.70. The van der Waals surface area contributed by atoms with Gasteiger partial charge in [-0.3, -0.25) is 9.59 Å². The van der Waals surface area contributed by atoms with Gasteiger partial charge in [0.15, 0.2) is 0 Å². The van der Waals surface area contributed by atoms with Crippen LogP contribution in [0.1, 0.15) is 34.1 Å². The summed E-state index contributed by atoms with van der Waals surface area (Å²) in [5, 5.41) is 15.9. The molecule has 6 nitrogen and oxygen atoms in total. The largest absolute Gasteiger partial charge is 0.481 e. The lowest BCUT2D eigenvalue weighted by molar-refractivity contribution is -0.142. The van der Waals surface area contributed by atoms with Gasteiger partial charge in [-0.2, -0.15) is 23.0 Å². The first-order valence-corrected chi connectivity index (χ1v) is 9.52. The summed E-state index contributed by atoms with van der Waals surface area (Å²) >= 11 is 5.94. The molecule has 4 rings (SSSR count). The Morgan fingerprint density at radius 3 is 2.58 bits per heavy atom. The first-order valence-electron chi connectivity index (χ1n) is 9.15. The number of carbonyl (C=O) groups is 2. The third-order valence-corrected chi connectivity index (χ3v) is 5.56. The van der Waals surface area contributed by atoms with E-state index in [9.17, 15) is 32.3 Å². The molecule has 2 unspecified atom stereocenters. The number of hydrogen-bond donors (Lipinski definition) is 2. The predicted molar refractivity (Wildman–Crippen MR) is 102 cm³/mol. The molecule has 3 aromatic rings. The van der Waals surface area contributed by atoms with Crippen LogP contribution in [0.3, 0.4) is 0 Å². The van der Waals surface area contributed by atoms with Crippen LogP contribution >= 0.6 is 11.6 Å². The summed E-state index contributed by atoms with van der Waals surface area (Å²) in [5.74, 6) is -4.05. The number of carboxylic acid groups (broad SMARTS) is 1. The fraction of sp³-hybridized carbons (Fsp3) is 0.250. The summed E-state index contributed by atoms with van der Waals surface area (Å²) < 4.78 is 55.8. The van der Waals surface area contributed by atoms with Crippen molar-refractivity contribution in [2.45, 2.75) is 18.6 Å². The molecule has 1 saturated heterocycles. The molecular weight excluding hydrogens is 442 g/mol. The summed E-state index contributed by atoms with van der Waals surface area (Å²) in [6.07, 6.45) is -4.62. The molecule has 0 spiro atoms. The lowest BCUT2D eigenvalue weighted by atomic mass is 9.96. The standard InChI is InChI=1S/C20H14ClF4N3O3/c21-11-4-1-3-10(20(23,24)25)14(11)18(29)28-13-6-2-5-12(22)15(13)17(27-28)16-9(19(30)31)7-8-26-16/h1-6,9,16,26H,7-8H2,(H,30,31). The van der Waals surface area contributed by atoms with Crippen molar-refractivity contribution in [1.29, 1.82) is 0 Å². The van der Waals surface area contributed by atoms with E-state index in [1.54, 1.807) is 0 Å². The van der Waals surface area contributed by atoms with Gasteiger partial charge in [0.1, 0.15) is 5.82 Å². The van der Waals surface area contributed by atoms with Crippen LogP contribution in [-0.4, -0.2) is 33.3 Å². The number of carboxylic acids is 1. The van der Waals surface area contributed by atoms with Crippen molar-refractivity contribution in [2.75, 3.05) is 6.54 Å². The van der Waals surface area contributed by atoms with E-state index >= 15 is 0 Å². The molecule has 1 aliphatic heterocycles. The van der Waals surface area contributed by atoms with Crippen LogP contribution in [0.2, 0.25) is 5.02 Å². The van der Waals surface area contributed by atoms with Gasteiger partial charge in [0.25, 0.3) is 5.91 Å². The van der Waals surface area contributed by atoms with E-state index in [0.717, 1.165) is 18.2 Å². The molecule has 31 heavy (non-hydrogen) atoms. The molecule has 2 atom stereocenters. The highest BCUT2D eigenvalue weighted by Crippen LogP contribution is 2.38. The molecule has 1 aromatic heterocycles. The number of rotatable bonds is 3. The van der Waals surface area contributed by atoms with E-state index < -0.39 is 52.0 Å². The minimum Gasteiger partial charge on any atom is -0.481 e. The lowest BCUT2D eigenvalue weighted by Gasteiger charge is -2.14. The Kier molecular flexibility index (Phi) is 5.22. The van der Waals surface area contributed by atoms with Crippen molar-refractivity contribution >= 4 is 34.4 Å². The van der Waals surface area contributed by atoms with E-state index in [1.807, 2.05) is 0 Å². The summed E-state index contributed by atoms with van der Waals surface area (Å²) in [7, 11) is 0. The van der Waals surface area contributed by atoms with Crippen molar-refractivity contribution < 1.29 is 32.3 Å². The van der Waals surface area contributed by atoms with Gasteiger partial charge in [0, 0.05) is 0 Å². The molecule has 2 aromatic carbocycles. The van der Waals surface area contributed by atoms with E-state index in [2.05, 4.69) is 10.4 Å². The minimum atomic E-state index is -4.87. The van der Waals surface area contributed by atoms with Gasteiger partial charge >= 0.3 is 12.1 Å². The summed E-state index contributed by atoms with van der Waals surface area (Å²) in [4.78, 5) is 24.8. The summed E-state index contributed by atoms with van der Waals surface area (Å²) in [6.45, 7) is 0.321. The first-order chi connectivity index (χ1) is 14.6. The van der Waals surface area contributed by atoms with Crippen molar-refractivity contribution in [3.63, 3.8) is 0 Å². The molecule has 0 bridgehead atoms. The smallest absolute Gasteiger partial charge is 0.417 e. The predicted octanol–water partition coefficient (Wildman–Crippen LogP) is 4.27. The van der Waals surface area contributed by atoms with Crippen molar-refractivity contribution in [3.8, 4) is 0 Å². The molecule has 1 aliphatic rings. The normalized spacial score (nSPS) is 19.1. The molecule has 0 amide bonds. The number of aromatic nitrogens is 2. The Labute approximate surface area is 177 Å². The molecule has 2 heterocycles. The molecule has 11 heteroatoms. The Balaban J connectivity index is 1.94. The maximum Gasteiger partial charge on any atom is 0.417 e. The highest BCUT2D eigenvalue weighted by atomic mass is 35.5. The zero-order valence-corrected chi connectivity index (χ0v) is 16.3. The second-order valence-electron chi connectivity index (χ2n) is 7.06. The maximum atomic E-state index is 14.7. The van der Waals surface area contributed by atoms with Crippen molar-refractivity contribution in [3.05, 3.63) is 64.1 Å². The molecule has 0 aliphatic carbocycles. The van der Waals surface area contributed by atoms with Crippen LogP contribution in [0.4, 0.5) is 17.6 Å². The highest BCUT2D eigenvalue weighted by Gasteiger charge is 2.40. The minimum absolute atomic E-state index is 0.0630. The molecule has 0 radical (unpaired) electrons. The molecule has 2 N–H and O–H groups in total. The van der Waals surface area contributed by atoms with Gasteiger partial charge in [-0.05, 0) is 37.2 Å². The van der Waals surface area contributed by atoms with Crippen molar-refractivity contribution in [2.24, 2.45) is 5.92 Å². The Morgan fingerprint density at radius 2 is 1.90 bits per heavy atom. The van der Waals surface area contributed by atoms with Gasteiger partial charge < -0.3 is 10.4 Å². The number of carbonyl (C=O) groups excluding carboxylic acids is 1. The molecular formula is C20H14ClF4N3O3. The number of halogens is 5. The topological polar surface area (TPSA) is 84.2 Å². The van der Waals surface area contributed by atoms with E-state index in [4.69, 9.17) is 11.6 Å². The Bertz CT molecular complexity index is 1210. The number of hydrogen-bond acceptors (Lipinski definition) is 4. The number of benzene rings is 2. The van der Waals surface area contributed by atoms with E-state index in [1.165, 1.54) is 12.1 Å². The molecule has 162 valence electrons. The fourth-order valence-electron chi connectivity index (χ4n) is 3.87. The quantitative estimate of drug-likeness (QED) is 0.576. The van der Waals surface area contributed by atoms with Gasteiger partial charge in [0.2, 0.25) is 0 Å². The fourth-order valence-corrected chi connectivity index (χ4v) is 4.12. The van der Waals surface area contributed by atoms with Crippen LogP contribution in [0, 0.1) is 11.7 Å². The zero-order valence-electron chi connectivity index (χ0n) is 15.6. The number of nitrogens with zero attached hydrogens (tertiary/aromatic N) is 2. The van der Waals surface area contributed by atoms with Crippen LogP contribution in [-0.2, 0) is 11.0 Å². The van der Waals surface area contributed by atoms with Gasteiger partial charge in [-0.25, -0.2) is 4.39 Å². The lowest BCUT2D eigenvalue weighted by Crippen LogP contribution is -2.25. The number of nitrogens with one attached hydrogen (secondary N) is 1. The third-order valence-electron chi connectivity index (χ3n) is 5.24. The SMILES string of the molecule is O=C(O)C1CCNC1c1nn(C(=O)c2c(Cl)cccc2C(F)(F)F)c2cccc(F)c12. The van der Waals surface area contributed by atoms with Crippen LogP contribution in [0.25, 0.3) is 10.9 Å². The van der Waals surface area contributed by atoms with Crippen LogP contribution < -0.4 is 5.32 Å². The van der Waals surface area contributed by atoms with Gasteiger partial charge in [-0.15, -0.1) is 0 Å². The molecule has 1 fully saturated rings. The zero-order chi connectivity index (χ0) is 22.5. The van der Waals surface area contributed by atoms with Gasteiger partial charge in [0.05, 0.1) is 44.7 Å². The average Bonchev–Trinajstić information content (AvgIpc) is 3.32. The van der Waals surface area contributed by atoms with Crippen LogP contribution in [0.5, 0.6) is 0 Å². The maximum absolute atomic E-state index is 14.7. The highest BCUT2D eigenvalue weighted by molar-refractivity contribution is 6.34. The van der Waals surface area contributed by atoms with Crippen LogP contribution in [0.15, 0.2) is 36.4 Å². The third kappa shape index (κ3) is 3.55. The Morgan fingerprint density at radius 1 is 1.19 bits per heavy atom. The molecule has 0 saturated carbocycles. The number of fused-ring (bicyclic) bond motifs is 1. The second kappa shape index (κ2) is 7.61.